The third kappa shape index (κ3) is 4.70. The van der Waals surface area contributed by atoms with E-state index in [0.717, 1.165) is 35.7 Å². The van der Waals surface area contributed by atoms with Gasteiger partial charge < -0.3 is 0 Å². The van der Waals surface area contributed by atoms with Crippen LogP contribution >= 0.6 is 0 Å². The van der Waals surface area contributed by atoms with Crippen molar-refractivity contribution < 1.29 is 4.79 Å². The molecule has 0 heterocycles. The van der Waals surface area contributed by atoms with Gasteiger partial charge in [-0.3, -0.25) is 4.79 Å². The summed E-state index contributed by atoms with van der Waals surface area (Å²) in [6, 6.07) is 0. The molecule has 34 heavy (non-hydrogen) atoms. The van der Waals surface area contributed by atoms with E-state index in [0.29, 0.717) is 22.5 Å². The minimum atomic E-state index is 0.159. The van der Waals surface area contributed by atoms with Crippen LogP contribution in [0.2, 0.25) is 0 Å². The van der Waals surface area contributed by atoms with Gasteiger partial charge in [0.2, 0.25) is 0 Å². The molecule has 0 aromatic heterocycles. The predicted octanol–water partition coefficient (Wildman–Crippen LogP) is 8.88. The Labute approximate surface area is 209 Å². The van der Waals surface area contributed by atoms with Crippen molar-refractivity contribution in [2.24, 2.45) is 52.3 Å². The van der Waals surface area contributed by atoms with Gasteiger partial charge in [0.1, 0.15) is 0 Å². The van der Waals surface area contributed by atoms with Gasteiger partial charge in [-0.1, -0.05) is 89.5 Å². The maximum absolute atomic E-state index is 13.9. The molecular formula is C33H48O. The second-order valence-electron chi connectivity index (χ2n) is 13.9. The van der Waals surface area contributed by atoms with E-state index in [-0.39, 0.29) is 11.8 Å². The minimum absolute atomic E-state index is 0.159. The van der Waals surface area contributed by atoms with Crippen LogP contribution in [0.25, 0.3) is 0 Å². The van der Waals surface area contributed by atoms with Crippen molar-refractivity contribution in [2.45, 2.75) is 98.8 Å². The number of allylic oxidation sites excluding steroid dienone is 8. The Balaban J connectivity index is 1.29. The van der Waals surface area contributed by atoms with Crippen LogP contribution in [0, 0.1) is 52.3 Å². The first-order valence-corrected chi connectivity index (χ1v) is 14.5. The van der Waals surface area contributed by atoms with Crippen LogP contribution < -0.4 is 0 Å². The van der Waals surface area contributed by atoms with Crippen molar-refractivity contribution in [1.82, 2.24) is 0 Å². The van der Waals surface area contributed by atoms with E-state index in [1.165, 1.54) is 63.4 Å². The van der Waals surface area contributed by atoms with Crippen molar-refractivity contribution in [3.63, 3.8) is 0 Å². The molecule has 0 aliphatic heterocycles. The van der Waals surface area contributed by atoms with Crippen LogP contribution in [0.1, 0.15) is 98.8 Å². The SMILES string of the molecule is CC1CCC(C23C=CC(CC(C(=O)C4=CC=CC4C)C4CCC(C(C)(C)C)CC4)=CC2C3)CC1. The number of rotatable bonds is 6. The number of Topliss-reactive ketones (excluding diaryl/α,β-unsaturated/α-hetero) is 1. The van der Waals surface area contributed by atoms with Gasteiger partial charge in [0, 0.05) is 17.4 Å². The normalized spacial score (nSPS) is 40.4. The summed E-state index contributed by atoms with van der Waals surface area (Å²) >= 11 is 0. The molecule has 186 valence electrons. The predicted molar refractivity (Wildman–Crippen MR) is 143 cm³/mol. The summed E-state index contributed by atoms with van der Waals surface area (Å²) in [6.07, 6.45) is 27.0. The fraction of sp³-hybridized carbons (Fsp3) is 0.727. The summed E-state index contributed by atoms with van der Waals surface area (Å²) in [5.41, 5.74) is 3.37. The second-order valence-corrected chi connectivity index (χ2v) is 13.9. The summed E-state index contributed by atoms with van der Waals surface area (Å²) in [5.74, 6) is 4.77. The standard InChI is InChI=1S/C33H48O/c1-22-9-13-27(14-10-22)33-18-17-24(19-28(33)21-33)20-30(31(34)29-8-6-7-23(29)2)25-11-15-26(16-12-25)32(3,4)5/h6-8,17-19,22-23,25-28,30H,9-16,20-21H2,1-5H3. The lowest BCUT2D eigenvalue weighted by Crippen LogP contribution is -2.33. The first-order chi connectivity index (χ1) is 16.2. The van der Waals surface area contributed by atoms with Crippen LogP contribution in [0.4, 0.5) is 0 Å². The number of carbonyl (C=O) groups excluding carboxylic acids is 1. The number of hydrogen-bond acceptors (Lipinski definition) is 1. The summed E-state index contributed by atoms with van der Waals surface area (Å²) in [4.78, 5) is 13.9. The van der Waals surface area contributed by atoms with E-state index >= 15 is 0 Å². The monoisotopic (exact) mass is 460 g/mol. The third-order valence-electron chi connectivity index (χ3n) is 10.7. The largest absolute Gasteiger partial charge is 0.294 e. The molecule has 0 spiro atoms. The van der Waals surface area contributed by atoms with Crippen LogP contribution in [0.15, 0.2) is 47.6 Å². The molecule has 5 aliphatic rings. The van der Waals surface area contributed by atoms with Crippen molar-refractivity contribution >= 4 is 5.78 Å². The Kier molecular flexibility index (Phi) is 6.62. The molecule has 0 bridgehead atoms. The Hall–Kier alpha value is -1.37. The van der Waals surface area contributed by atoms with E-state index in [2.05, 4.69) is 71.1 Å². The fourth-order valence-electron chi connectivity index (χ4n) is 8.06. The summed E-state index contributed by atoms with van der Waals surface area (Å²) in [5, 5.41) is 0. The van der Waals surface area contributed by atoms with Gasteiger partial charge >= 0.3 is 0 Å². The Morgan fingerprint density at radius 1 is 1.03 bits per heavy atom. The molecule has 4 atom stereocenters. The van der Waals surface area contributed by atoms with Crippen LogP contribution in [0.5, 0.6) is 0 Å². The van der Waals surface area contributed by atoms with Gasteiger partial charge in [0.15, 0.2) is 5.78 Å². The lowest BCUT2D eigenvalue weighted by molar-refractivity contribution is -0.121. The van der Waals surface area contributed by atoms with Gasteiger partial charge in [-0.05, 0) is 91.8 Å². The van der Waals surface area contributed by atoms with E-state index in [1.807, 2.05) is 0 Å². The summed E-state index contributed by atoms with van der Waals surface area (Å²) in [7, 11) is 0. The Bertz CT molecular complexity index is 891. The van der Waals surface area contributed by atoms with Gasteiger partial charge in [-0.15, -0.1) is 0 Å². The molecule has 1 nitrogen and oxygen atoms in total. The summed E-state index contributed by atoms with van der Waals surface area (Å²) < 4.78 is 0. The second kappa shape index (κ2) is 9.25. The third-order valence-corrected chi connectivity index (χ3v) is 10.7. The molecule has 0 saturated heterocycles. The van der Waals surface area contributed by atoms with E-state index in [4.69, 9.17) is 0 Å². The molecule has 0 aromatic rings. The Morgan fingerprint density at radius 3 is 2.32 bits per heavy atom. The average molecular weight is 461 g/mol. The highest BCUT2D eigenvalue weighted by molar-refractivity contribution is 5.99. The topological polar surface area (TPSA) is 17.1 Å². The molecular weight excluding hydrogens is 412 g/mol. The molecule has 0 aromatic carbocycles. The molecule has 1 heteroatoms. The lowest BCUT2D eigenvalue weighted by Gasteiger charge is -2.39. The van der Waals surface area contributed by atoms with Crippen molar-refractivity contribution in [3.05, 3.63) is 47.6 Å². The lowest BCUT2D eigenvalue weighted by atomic mass is 9.65. The molecule has 0 N–H and O–H groups in total. The van der Waals surface area contributed by atoms with Crippen LogP contribution in [0.3, 0.4) is 0 Å². The van der Waals surface area contributed by atoms with Gasteiger partial charge in [-0.25, -0.2) is 0 Å². The van der Waals surface area contributed by atoms with E-state index < -0.39 is 0 Å². The van der Waals surface area contributed by atoms with Crippen molar-refractivity contribution in [2.75, 3.05) is 0 Å². The van der Waals surface area contributed by atoms with E-state index in [9.17, 15) is 4.79 Å². The van der Waals surface area contributed by atoms with Gasteiger partial charge in [0.25, 0.3) is 0 Å². The van der Waals surface area contributed by atoms with Crippen LogP contribution in [-0.4, -0.2) is 5.78 Å². The quantitative estimate of drug-likeness (QED) is 0.387. The molecule has 0 radical (unpaired) electrons. The van der Waals surface area contributed by atoms with E-state index in [1.54, 1.807) is 0 Å². The first-order valence-electron chi connectivity index (χ1n) is 14.5. The highest BCUT2D eigenvalue weighted by atomic mass is 16.1. The smallest absolute Gasteiger partial charge is 0.163 e. The zero-order valence-corrected chi connectivity index (χ0v) is 22.5. The number of fused-ring (bicyclic) bond motifs is 1. The van der Waals surface area contributed by atoms with Gasteiger partial charge in [0.05, 0.1) is 0 Å². The molecule has 5 rings (SSSR count). The highest BCUT2D eigenvalue weighted by Gasteiger charge is 2.57. The zero-order chi connectivity index (χ0) is 24.1. The highest BCUT2D eigenvalue weighted by Crippen LogP contribution is 2.65. The summed E-state index contributed by atoms with van der Waals surface area (Å²) in [6.45, 7) is 11.8. The maximum Gasteiger partial charge on any atom is 0.163 e. The number of hydrogen-bond donors (Lipinski definition) is 0. The zero-order valence-electron chi connectivity index (χ0n) is 22.5. The first kappa shape index (κ1) is 24.3. The minimum Gasteiger partial charge on any atom is -0.294 e. The Morgan fingerprint density at radius 2 is 1.74 bits per heavy atom. The molecule has 3 fully saturated rings. The molecule has 5 aliphatic carbocycles. The molecule has 3 saturated carbocycles. The molecule has 4 unspecified atom stereocenters. The fourth-order valence-corrected chi connectivity index (χ4v) is 8.06. The maximum atomic E-state index is 13.9. The molecule has 0 amide bonds. The number of carbonyl (C=O) groups is 1. The average Bonchev–Trinajstić information content (AvgIpc) is 3.39. The van der Waals surface area contributed by atoms with Crippen molar-refractivity contribution in [3.8, 4) is 0 Å². The van der Waals surface area contributed by atoms with Gasteiger partial charge in [-0.2, -0.15) is 0 Å². The number of ketones is 1. The van der Waals surface area contributed by atoms with Crippen molar-refractivity contribution in [1.29, 1.82) is 0 Å². The van der Waals surface area contributed by atoms with Crippen LogP contribution in [-0.2, 0) is 4.79 Å².